The van der Waals surface area contributed by atoms with Gasteiger partial charge in [0.05, 0.1) is 31.5 Å². The van der Waals surface area contributed by atoms with Gasteiger partial charge in [-0.25, -0.2) is 9.37 Å². The molecule has 0 fully saturated rings. The van der Waals surface area contributed by atoms with Crippen molar-refractivity contribution in [1.82, 2.24) is 15.6 Å². The van der Waals surface area contributed by atoms with Crippen LogP contribution in [0.1, 0.15) is 15.4 Å². The first-order chi connectivity index (χ1) is 12.5. The summed E-state index contributed by atoms with van der Waals surface area (Å²) in [5.74, 6) is -0.914. The standard InChI is InChI=1S/C17H20FN3O4S/c1-10-15(16(23)20-9-13(22)19-7-8-24-2)26-17(21-10)14-11(18)5-4-6-12(14)25-3/h4-6H,7-9H2,1-3H3,(H,19,22)(H,20,23). The van der Waals surface area contributed by atoms with Crippen LogP contribution in [-0.4, -0.2) is 50.7 Å². The van der Waals surface area contributed by atoms with E-state index in [-0.39, 0.29) is 18.0 Å². The van der Waals surface area contributed by atoms with E-state index in [2.05, 4.69) is 15.6 Å². The number of carbonyl (C=O) groups is 2. The highest BCUT2D eigenvalue weighted by Crippen LogP contribution is 2.36. The van der Waals surface area contributed by atoms with E-state index in [0.29, 0.717) is 34.5 Å². The number of nitrogens with zero attached hydrogens (tertiary/aromatic N) is 1. The molecule has 9 heteroatoms. The molecule has 0 aliphatic heterocycles. The molecule has 2 amide bonds. The van der Waals surface area contributed by atoms with Crippen LogP contribution in [0, 0.1) is 12.7 Å². The molecule has 2 N–H and O–H groups in total. The lowest BCUT2D eigenvalue weighted by molar-refractivity contribution is -0.120. The molecule has 140 valence electrons. The zero-order valence-electron chi connectivity index (χ0n) is 14.7. The maximum atomic E-state index is 14.2. The van der Waals surface area contributed by atoms with Crippen LogP contribution in [0.2, 0.25) is 0 Å². The average molecular weight is 381 g/mol. The highest BCUT2D eigenvalue weighted by atomic mass is 32.1. The zero-order valence-corrected chi connectivity index (χ0v) is 15.5. The highest BCUT2D eigenvalue weighted by molar-refractivity contribution is 7.17. The molecule has 1 heterocycles. The summed E-state index contributed by atoms with van der Waals surface area (Å²) in [6.45, 7) is 2.24. The first-order valence-corrected chi connectivity index (χ1v) is 8.63. The molecule has 0 radical (unpaired) electrons. The van der Waals surface area contributed by atoms with Crippen molar-refractivity contribution in [3.63, 3.8) is 0 Å². The van der Waals surface area contributed by atoms with Crippen molar-refractivity contribution in [2.24, 2.45) is 0 Å². The topological polar surface area (TPSA) is 89.6 Å². The highest BCUT2D eigenvalue weighted by Gasteiger charge is 2.21. The number of halogens is 1. The number of hydrogen-bond donors (Lipinski definition) is 2. The maximum Gasteiger partial charge on any atom is 0.263 e. The van der Waals surface area contributed by atoms with Crippen LogP contribution in [0.15, 0.2) is 18.2 Å². The van der Waals surface area contributed by atoms with Crippen LogP contribution in [0.4, 0.5) is 4.39 Å². The molecule has 0 bridgehead atoms. The summed E-state index contributed by atoms with van der Waals surface area (Å²) in [6, 6.07) is 4.46. The number of rotatable bonds is 8. The lowest BCUT2D eigenvalue weighted by atomic mass is 10.2. The molecule has 0 aliphatic rings. The molecule has 0 atom stereocenters. The Kier molecular flexibility index (Phi) is 7.05. The summed E-state index contributed by atoms with van der Waals surface area (Å²) < 4.78 is 24.2. The normalized spacial score (nSPS) is 10.5. The Hall–Kier alpha value is -2.52. The predicted octanol–water partition coefficient (Wildman–Crippen LogP) is 1.76. The van der Waals surface area contributed by atoms with Gasteiger partial charge in [-0.2, -0.15) is 0 Å². The van der Waals surface area contributed by atoms with Crippen molar-refractivity contribution in [2.45, 2.75) is 6.92 Å². The van der Waals surface area contributed by atoms with E-state index in [4.69, 9.17) is 9.47 Å². The van der Waals surface area contributed by atoms with Crippen LogP contribution in [0.25, 0.3) is 10.6 Å². The molecule has 7 nitrogen and oxygen atoms in total. The fraction of sp³-hybridized carbons (Fsp3) is 0.353. The summed E-state index contributed by atoms with van der Waals surface area (Å²) in [7, 11) is 2.97. The Morgan fingerprint density at radius 1 is 1.27 bits per heavy atom. The van der Waals surface area contributed by atoms with Crippen molar-refractivity contribution >= 4 is 23.2 Å². The minimum atomic E-state index is -0.484. The zero-order chi connectivity index (χ0) is 19.1. The number of amides is 2. The van der Waals surface area contributed by atoms with Gasteiger partial charge in [-0.1, -0.05) is 6.07 Å². The van der Waals surface area contributed by atoms with Gasteiger partial charge in [0, 0.05) is 13.7 Å². The van der Waals surface area contributed by atoms with Crippen LogP contribution in [0.3, 0.4) is 0 Å². The van der Waals surface area contributed by atoms with Gasteiger partial charge in [0.15, 0.2) is 0 Å². The smallest absolute Gasteiger partial charge is 0.263 e. The van der Waals surface area contributed by atoms with E-state index >= 15 is 0 Å². The Morgan fingerprint density at radius 3 is 2.73 bits per heavy atom. The third-order valence-corrected chi connectivity index (χ3v) is 4.62. The number of hydrogen-bond acceptors (Lipinski definition) is 6. The van der Waals surface area contributed by atoms with E-state index in [1.165, 1.54) is 26.4 Å². The van der Waals surface area contributed by atoms with Crippen LogP contribution in [-0.2, 0) is 9.53 Å². The number of nitrogens with one attached hydrogen (secondary N) is 2. The Bertz CT molecular complexity index is 794. The molecule has 26 heavy (non-hydrogen) atoms. The molecule has 0 saturated carbocycles. The number of carbonyl (C=O) groups excluding carboxylic acids is 2. The second-order valence-electron chi connectivity index (χ2n) is 5.28. The van der Waals surface area contributed by atoms with Gasteiger partial charge in [-0.15, -0.1) is 11.3 Å². The molecule has 1 aromatic carbocycles. The molecular weight excluding hydrogens is 361 g/mol. The first kappa shape index (κ1) is 19.8. The number of benzene rings is 1. The van der Waals surface area contributed by atoms with Gasteiger partial charge in [0.1, 0.15) is 21.5 Å². The van der Waals surface area contributed by atoms with Crippen LogP contribution >= 0.6 is 11.3 Å². The molecule has 0 saturated heterocycles. The summed E-state index contributed by atoms with van der Waals surface area (Å²) in [5, 5.41) is 5.47. The third kappa shape index (κ3) is 4.77. The van der Waals surface area contributed by atoms with Gasteiger partial charge >= 0.3 is 0 Å². The van der Waals surface area contributed by atoms with E-state index < -0.39 is 11.7 Å². The lowest BCUT2D eigenvalue weighted by Crippen LogP contribution is -2.38. The van der Waals surface area contributed by atoms with E-state index in [1.807, 2.05) is 0 Å². The van der Waals surface area contributed by atoms with Crippen molar-refractivity contribution in [1.29, 1.82) is 0 Å². The SMILES string of the molecule is COCCNC(=O)CNC(=O)c1sc(-c2c(F)cccc2OC)nc1C. The van der Waals surface area contributed by atoms with Crippen molar-refractivity contribution in [3.05, 3.63) is 34.6 Å². The predicted molar refractivity (Wildman–Crippen MR) is 96.0 cm³/mol. The fourth-order valence-electron chi connectivity index (χ4n) is 2.19. The van der Waals surface area contributed by atoms with Crippen molar-refractivity contribution < 1.29 is 23.5 Å². The lowest BCUT2D eigenvalue weighted by Gasteiger charge is -2.06. The summed E-state index contributed by atoms with van der Waals surface area (Å²) in [4.78, 5) is 28.5. The minimum absolute atomic E-state index is 0.168. The number of aromatic nitrogens is 1. The molecule has 2 rings (SSSR count). The summed E-state index contributed by atoms with van der Waals surface area (Å²) in [5.41, 5.74) is 0.659. The molecule has 2 aromatic rings. The molecule has 1 aromatic heterocycles. The van der Waals surface area contributed by atoms with Gasteiger partial charge < -0.3 is 20.1 Å². The average Bonchev–Trinajstić information content (AvgIpc) is 3.00. The molecule has 0 spiro atoms. The van der Waals surface area contributed by atoms with Crippen molar-refractivity contribution in [3.8, 4) is 16.3 Å². The van der Waals surface area contributed by atoms with E-state index in [1.54, 1.807) is 13.0 Å². The maximum absolute atomic E-state index is 14.2. The first-order valence-electron chi connectivity index (χ1n) is 7.82. The van der Waals surface area contributed by atoms with Crippen molar-refractivity contribution in [2.75, 3.05) is 33.9 Å². The Labute approximate surface area is 154 Å². The Morgan fingerprint density at radius 2 is 2.04 bits per heavy atom. The van der Waals surface area contributed by atoms with E-state index in [9.17, 15) is 14.0 Å². The van der Waals surface area contributed by atoms with Crippen LogP contribution < -0.4 is 15.4 Å². The molecule has 0 unspecified atom stereocenters. The quantitative estimate of drug-likeness (QED) is 0.680. The van der Waals surface area contributed by atoms with Gasteiger partial charge in [0.2, 0.25) is 5.91 Å². The molecular formula is C17H20FN3O4S. The van der Waals surface area contributed by atoms with Crippen LogP contribution in [0.5, 0.6) is 5.75 Å². The van der Waals surface area contributed by atoms with Gasteiger partial charge in [-0.05, 0) is 19.1 Å². The number of aryl methyl sites for hydroxylation is 1. The van der Waals surface area contributed by atoms with Gasteiger partial charge in [-0.3, -0.25) is 9.59 Å². The minimum Gasteiger partial charge on any atom is -0.496 e. The largest absolute Gasteiger partial charge is 0.496 e. The fourth-order valence-corrected chi connectivity index (χ4v) is 3.23. The third-order valence-electron chi connectivity index (χ3n) is 3.45. The number of ether oxygens (including phenoxy) is 2. The van der Waals surface area contributed by atoms with Gasteiger partial charge in [0.25, 0.3) is 5.91 Å². The van der Waals surface area contributed by atoms with E-state index in [0.717, 1.165) is 11.3 Å². The summed E-state index contributed by atoms with van der Waals surface area (Å²) >= 11 is 1.04. The molecule has 0 aliphatic carbocycles. The second kappa shape index (κ2) is 9.25. The Balaban J connectivity index is 2.11. The number of methoxy groups -OCH3 is 2. The number of thiazole rings is 1. The second-order valence-corrected chi connectivity index (χ2v) is 6.28. The monoisotopic (exact) mass is 381 g/mol. The summed E-state index contributed by atoms with van der Waals surface area (Å²) in [6.07, 6.45) is 0.